The highest BCUT2D eigenvalue weighted by molar-refractivity contribution is 5.99. The number of piperidine rings is 1. The zero-order valence-electron chi connectivity index (χ0n) is 14.2. The minimum absolute atomic E-state index is 0.135. The van der Waals surface area contributed by atoms with Crippen molar-refractivity contribution in [3.63, 3.8) is 0 Å². The molecule has 1 fully saturated rings. The van der Waals surface area contributed by atoms with Crippen LogP contribution >= 0.6 is 0 Å². The van der Waals surface area contributed by atoms with Crippen molar-refractivity contribution in [2.75, 3.05) is 13.1 Å². The minimum atomic E-state index is -0.184. The van der Waals surface area contributed by atoms with Gasteiger partial charge in [-0.3, -0.25) is 9.69 Å². The first-order valence-electron chi connectivity index (χ1n) is 8.87. The van der Waals surface area contributed by atoms with Crippen molar-refractivity contribution < 1.29 is 5.11 Å². The normalized spacial score (nSPS) is 15.5. The molecule has 0 saturated carbocycles. The second-order valence-electron chi connectivity index (χ2n) is 6.76. The van der Waals surface area contributed by atoms with Crippen molar-refractivity contribution in [3.05, 3.63) is 64.6 Å². The highest BCUT2D eigenvalue weighted by Gasteiger charge is 2.12. The van der Waals surface area contributed by atoms with Crippen molar-refractivity contribution in [3.8, 4) is 16.9 Å². The number of likely N-dealkylation sites (tertiary alicyclic amines) is 1. The van der Waals surface area contributed by atoms with Gasteiger partial charge < -0.3 is 10.1 Å². The lowest BCUT2D eigenvalue weighted by Gasteiger charge is -2.26. The Balaban J connectivity index is 1.67. The van der Waals surface area contributed by atoms with Gasteiger partial charge in [-0.1, -0.05) is 36.8 Å². The van der Waals surface area contributed by atoms with E-state index in [9.17, 15) is 9.90 Å². The molecule has 0 aliphatic carbocycles. The van der Waals surface area contributed by atoms with E-state index in [1.54, 1.807) is 24.4 Å². The zero-order chi connectivity index (χ0) is 17.2. The molecule has 2 N–H and O–H groups in total. The van der Waals surface area contributed by atoms with Crippen LogP contribution in [-0.4, -0.2) is 28.1 Å². The lowest BCUT2D eigenvalue weighted by molar-refractivity contribution is 0.221. The number of aromatic amines is 1. The van der Waals surface area contributed by atoms with E-state index in [2.05, 4.69) is 34.1 Å². The molecule has 1 saturated heterocycles. The summed E-state index contributed by atoms with van der Waals surface area (Å²) in [4.78, 5) is 17.3. The third-order valence-electron chi connectivity index (χ3n) is 5.02. The number of aromatic nitrogens is 1. The summed E-state index contributed by atoms with van der Waals surface area (Å²) in [7, 11) is 0. The van der Waals surface area contributed by atoms with Gasteiger partial charge in [-0.15, -0.1) is 0 Å². The van der Waals surface area contributed by atoms with Crippen molar-refractivity contribution >= 4 is 10.8 Å². The van der Waals surface area contributed by atoms with Crippen LogP contribution in [0.4, 0.5) is 0 Å². The standard InChI is InChI=1S/C21H22N2O2/c24-19-6-4-5-17-20(19)18(13-22-21(17)25)16-9-7-15(8-10-16)14-23-11-2-1-3-12-23/h4-10,13,24H,1-3,11-12,14H2,(H,22,25). The highest BCUT2D eigenvalue weighted by Crippen LogP contribution is 2.32. The second-order valence-corrected chi connectivity index (χ2v) is 6.76. The molecule has 3 aromatic rings. The van der Waals surface area contributed by atoms with Gasteiger partial charge in [0.2, 0.25) is 0 Å². The molecule has 0 radical (unpaired) electrons. The van der Waals surface area contributed by atoms with Crippen molar-refractivity contribution in [1.29, 1.82) is 0 Å². The van der Waals surface area contributed by atoms with E-state index in [4.69, 9.17) is 0 Å². The number of H-pyrrole nitrogens is 1. The van der Waals surface area contributed by atoms with Gasteiger partial charge in [-0.2, -0.15) is 0 Å². The van der Waals surface area contributed by atoms with Crippen LogP contribution in [0.25, 0.3) is 21.9 Å². The first-order chi connectivity index (χ1) is 12.2. The number of rotatable bonds is 3. The molecule has 4 nitrogen and oxygen atoms in total. The zero-order valence-corrected chi connectivity index (χ0v) is 14.2. The molecule has 4 heteroatoms. The van der Waals surface area contributed by atoms with Crippen molar-refractivity contribution in [2.24, 2.45) is 0 Å². The van der Waals surface area contributed by atoms with Crippen LogP contribution in [0.1, 0.15) is 24.8 Å². The number of hydrogen-bond acceptors (Lipinski definition) is 3. The quantitative estimate of drug-likeness (QED) is 0.764. The number of fused-ring (bicyclic) bond motifs is 1. The molecule has 0 spiro atoms. The van der Waals surface area contributed by atoms with Gasteiger partial charge in [-0.05, 0) is 49.2 Å². The summed E-state index contributed by atoms with van der Waals surface area (Å²) in [5, 5.41) is 11.4. The number of phenolic OH excluding ortho intramolecular Hbond substituents is 1. The number of benzene rings is 2. The molecule has 0 unspecified atom stereocenters. The fourth-order valence-corrected chi connectivity index (χ4v) is 3.69. The first-order valence-corrected chi connectivity index (χ1v) is 8.87. The predicted octanol–water partition coefficient (Wildman–Crippen LogP) is 3.89. The van der Waals surface area contributed by atoms with Crippen molar-refractivity contribution in [1.82, 2.24) is 9.88 Å². The topological polar surface area (TPSA) is 56.3 Å². The monoisotopic (exact) mass is 334 g/mol. The lowest BCUT2D eigenvalue weighted by Crippen LogP contribution is -2.28. The maximum absolute atomic E-state index is 12.0. The molecular formula is C21H22N2O2. The number of phenols is 1. The maximum Gasteiger partial charge on any atom is 0.255 e. The Morgan fingerprint density at radius 2 is 1.76 bits per heavy atom. The Labute approximate surface area is 146 Å². The van der Waals surface area contributed by atoms with Gasteiger partial charge in [-0.25, -0.2) is 0 Å². The summed E-state index contributed by atoms with van der Waals surface area (Å²) in [6.45, 7) is 3.35. The summed E-state index contributed by atoms with van der Waals surface area (Å²) < 4.78 is 0. The fourth-order valence-electron chi connectivity index (χ4n) is 3.69. The smallest absolute Gasteiger partial charge is 0.255 e. The van der Waals surface area contributed by atoms with Crippen LogP contribution in [0.2, 0.25) is 0 Å². The van der Waals surface area contributed by atoms with Crippen LogP contribution in [0.3, 0.4) is 0 Å². The Morgan fingerprint density at radius 1 is 1.00 bits per heavy atom. The number of nitrogens with one attached hydrogen (secondary N) is 1. The number of nitrogens with zero attached hydrogens (tertiary/aromatic N) is 1. The van der Waals surface area contributed by atoms with Gasteiger partial charge in [0.05, 0.1) is 5.39 Å². The van der Waals surface area contributed by atoms with E-state index in [0.717, 1.165) is 17.7 Å². The number of hydrogen-bond donors (Lipinski definition) is 2. The Kier molecular flexibility index (Phi) is 4.28. The second kappa shape index (κ2) is 6.73. The summed E-state index contributed by atoms with van der Waals surface area (Å²) in [6, 6.07) is 13.5. The SMILES string of the molecule is O=c1[nH]cc(-c2ccc(CN3CCCCC3)cc2)c2c(O)cccc12. The van der Waals surface area contributed by atoms with Crippen LogP contribution in [0.15, 0.2) is 53.5 Å². The Hall–Kier alpha value is -2.59. The molecule has 1 aromatic heterocycles. The largest absolute Gasteiger partial charge is 0.507 e. The lowest BCUT2D eigenvalue weighted by atomic mass is 9.99. The average molecular weight is 334 g/mol. The van der Waals surface area contributed by atoms with Crippen LogP contribution in [0.5, 0.6) is 5.75 Å². The van der Waals surface area contributed by atoms with E-state index < -0.39 is 0 Å². The summed E-state index contributed by atoms with van der Waals surface area (Å²) in [5.41, 5.74) is 2.95. The molecule has 25 heavy (non-hydrogen) atoms. The third-order valence-corrected chi connectivity index (χ3v) is 5.02. The van der Waals surface area contributed by atoms with E-state index in [1.165, 1.54) is 37.9 Å². The van der Waals surface area contributed by atoms with Gasteiger partial charge in [0.1, 0.15) is 5.75 Å². The molecule has 0 atom stereocenters. The molecule has 2 heterocycles. The molecule has 2 aromatic carbocycles. The summed E-state index contributed by atoms with van der Waals surface area (Å²) >= 11 is 0. The minimum Gasteiger partial charge on any atom is -0.507 e. The number of aromatic hydroxyl groups is 1. The molecule has 1 aliphatic heterocycles. The highest BCUT2D eigenvalue weighted by atomic mass is 16.3. The Bertz CT molecular complexity index is 938. The third kappa shape index (κ3) is 3.17. The molecule has 0 bridgehead atoms. The molecule has 128 valence electrons. The van der Waals surface area contributed by atoms with E-state index >= 15 is 0 Å². The fraction of sp³-hybridized carbons (Fsp3) is 0.286. The van der Waals surface area contributed by atoms with Gasteiger partial charge >= 0.3 is 0 Å². The van der Waals surface area contributed by atoms with Crippen LogP contribution in [0, 0.1) is 0 Å². The Morgan fingerprint density at radius 3 is 2.52 bits per heavy atom. The van der Waals surface area contributed by atoms with E-state index in [-0.39, 0.29) is 11.3 Å². The first kappa shape index (κ1) is 15.9. The van der Waals surface area contributed by atoms with E-state index in [1.807, 2.05) is 0 Å². The number of pyridine rings is 1. The molecule has 0 amide bonds. The van der Waals surface area contributed by atoms with Gasteiger partial charge in [0.15, 0.2) is 0 Å². The summed E-state index contributed by atoms with van der Waals surface area (Å²) in [5.74, 6) is 0.135. The molecule has 1 aliphatic rings. The van der Waals surface area contributed by atoms with Crippen LogP contribution < -0.4 is 5.56 Å². The maximum atomic E-state index is 12.0. The van der Waals surface area contributed by atoms with Gasteiger partial charge in [0.25, 0.3) is 5.56 Å². The molecule has 4 rings (SSSR count). The van der Waals surface area contributed by atoms with E-state index in [0.29, 0.717) is 10.8 Å². The average Bonchev–Trinajstić information content (AvgIpc) is 2.64. The molecular weight excluding hydrogens is 312 g/mol. The van der Waals surface area contributed by atoms with Crippen LogP contribution in [-0.2, 0) is 6.54 Å². The summed E-state index contributed by atoms with van der Waals surface area (Å²) in [6.07, 6.45) is 5.61. The van der Waals surface area contributed by atoms with Crippen molar-refractivity contribution in [2.45, 2.75) is 25.8 Å². The van der Waals surface area contributed by atoms with Gasteiger partial charge in [0, 0.05) is 23.7 Å². The predicted molar refractivity (Wildman–Crippen MR) is 101 cm³/mol.